The van der Waals surface area contributed by atoms with Crippen LogP contribution in [0.25, 0.3) is 0 Å². The molecule has 2 heteroatoms. The second kappa shape index (κ2) is 10.6. The number of aliphatic hydroxyl groups excluding tert-OH is 1. The fourth-order valence-electron chi connectivity index (χ4n) is 6.31. The molecule has 0 amide bonds. The smallest absolute Gasteiger partial charge is 0.0531 e. The van der Waals surface area contributed by atoms with Crippen molar-refractivity contribution in [1.29, 1.82) is 0 Å². The number of aliphatic hydroxyl groups is 1. The van der Waals surface area contributed by atoms with Crippen molar-refractivity contribution in [2.24, 2.45) is 5.92 Å². The van der Waals surface area contributed by atoms with Crippen LogP contribution in [0.15, 0.2) is 121 Å². The minimum absolute atomic E-state index is 0.179. The zero-order valence-corrected chi connectivity index (χ0v) is 20.3. The molecule has 2 atom stereocenters. The Balaban J connectivity index is 1.60. The number of hydrogen-bond donors (Lipinski definition) is 2. The molecule has 0 aromatic heterocycles. The van der Waals surface area contributed by atoms with E-state index in [-0.39, 0.29) is 17.4 Å². The summed E-state index contributed by atoms with van der Waals surface area (Å²) < 4.78 is 0. The van der Waals surface area contributed by atoms with Crippen molar-refractivity contribution < 1.29 is 5.11 Å². The Morgan fingerprint density at radius 1 is 0.686 bits per heavy atom. The lowest BCUT2D eigenvalue weighted by molar-refractivity contribution is 0.0944. The highest BCUT2D eigenvalue weighted by Crippen LogP contribution is 2.47. The molecule has 2 unspecified atom stereocenters. The van der Waals surface area contributed by atoms with Crippen molar-refractivity contribution in [2.75, 3.05) is 19.7 Å². The monoisotopic (exact) mass is 461 g/mol. The number of hydrogen-bond acceptors (Lipinski definition) is 2. The lowest BCUT2D eigenvalue weighted by Gasteiger charge is -2.46. The highest BCUT2D eigenvalue weighted by molar-refractivity contribution is 5.50. The second-order valence-electron chi connectivity index (χ2n) is 9.87. The zero-order chi connectivity index (χ0) is 24.0. The van der Waals surface area contributed by atoms with Gasteiger partial charge in [0, 0.05) is 10.8 Å². The summed E-state index contributed by atoms with van der Waals surface area (Å²) in [4.78, 5) is 0. The fourth-order valence-corrected chi connectivity index (χ4v) is 6.31. The molecule has 4 aromatic rings. The maximum atomic E-state index is 10.8. The van der Waals surface area contributed by atoms with Gasteiger partial charge in [0.1, 0.15) is 0 Å². The first kappa shape index (κ1) is 23.5. The number of rotatable bonds is 8. The molecule has 0 bridgehead atoms. The van der Waals surface area contributed by atoms with Gasteiger partial charge in [-0.2, -0.15) is 0 Å². The summed E-state index contributed by atoms with van der Waals surface area (Å²) in [6, 6.07) is 43.5. The summed E-state index contributed by atoms with van der Waals surface area (Å²) in [6.07, 6.45) is 2.92. The van der Waals surface area contributed by atoms with Gasteiger partial charge < -0.3 is 10.4 Å². The van der Waals surface area contributed by atoms with Crippen LogP contribution in [0.1, 0.15) is 41.5 Å². The van der Waals surface area contributed by atoms with Gasteiger partial charge in [-0.15, -0.1) is 0 Å². The molecule has 4 aromatic carbocycles. The molecule has 1 heterocycles. The number of benzene rings is 4. The molecule has 1 aliphatic heterocycles. The largest absolute Gasteiger partial charge is 0.395 e. The molecule has 2 N–H and O–H groups in total. The van der Waals surface area contributed by atoms with E-state index in [1.165, 1.54) is 22.3 Å². The van der Waals surface area contributed by atoms with Crippen molar-refractivity contribution in [3.8, 4) is 0 Å². The van der Waals surface area contributed by atoms with Gasteiger partial charge in [0.05, 0.1) is 6.61 Å². The lowest BCUT2D eigenvalue weighted by atomic mass is 9.61. The second-order valence-corrected chi connectivity index (χ2v) is 9.87. The van der Waals surface area contributed by atoms with E-state index in [4.69, 9.17) is 0 Å². The van der Waals surface area contributed by atoms with E-state index in [0.717, 1.165) is 32.4 Å². The summed E-state index contributed by atoms with van der Waals surface area (Å²) in [6.45, 7) is 2.04. The van der Waals surface area contributed by atoms with Crippen LogP contribution in [0.3, 0.4) is 0 Å². The van der Waals surface area contributed by atoms with Crippen molar-refractivity contribution in [3.63, 3.8) is 0 Å². The SMILES string of the molecule is OCC1(c2ccccc2)CCNCC1CCC(c1ccccc1)(c1ccccc1)c1ccccc1. The first-order valence-electron chi connectivity index (χ1n) is 12.8. The quantitative estimate of drug-likeness (QED) is 0.300. The minimum Gasteiger partial charge on any atom is -0.395 e. The Labute approximate surface area is 209 Å². The van der Waals surface area contributed by atoms with Crippen LogP contribution in [-0.2, 0) is 10.8 Å². The van der Waals surface area contributed by atoms with E-state index in [1.807, 2.05) is 0 Å². The summed E-state index contributed by atoms with van der Waals surface area (Å²) in [5.74, 6) is 0.333. The molecule has 5 rings (SSSR count). The number of piperidine rings is 1. The summed E-state index contributed by atoms with van der Waals surface area (Å²) in [7, 11) is 0. The Morgan fingerprint density at radius 2 is 1.14 bits per heavy atom. The predicted molar refractivity (Wildman–Crippen MR) is 145 cm³/mol. The third-order valence-electron chi connectivity index (χ3n) is 8.22. The van der Waals surface area contributed by atoms with Gasteiger partial charge >= 0.3 is 0 Å². The standard InChI is InChI=1S/C33H35NO/c35-26-32(27-13-5-1-6-14-27)23-24-34-25-31(32)21-22-33(28-15-7-2-8-16-28,29-17-9-3-10-18-29)30-19-11-4-12-20-30/h1-20,31,34-35H,21-26H2. The first-order valence-corrected chi connectivity index (χ1v) is 12.8. The van der Waals surface area contributed by atoms with Crippen LogP contribution < -0.4 is 5.32 Å². The average Bonchev–Trinajstić information content (AvgIpc) is 2.96. The molecule has 2 nitrogen and oxygen atoms in total. The van der Waals surface area contributed by atoms with Crippen molar-refractivity contribution >= 4 is 0 Å². The molecular weight excluding hydrogens is 426 g/mol. The topological polar surface area (TPSA) is 32.3 Å². The molecule has 178 valence electrons. The van der Waals surface area contributed by atoms with E-state index >= 15 is 0 Å². The molecule has 0 spiro atoms. The summed E-state index contributed by atoms with van der Waals surface area (Å²) in [5.41, 5.74) is 4.72. The average molecular weight is 462 g/mol. The van der Waals surface area contributed by atoms with Crippen LogP contribution in [0.5, 0.6) is 0 Å². The zero-order valence-electron chi connectivity index (χ0n) is 20.3. The van der Waals surface area contributed by atoms with Crippen LogP contribution in [0.4, 0.5) is 0 Å². The minimum atomic E-state index is -0.265. The van der Waals surface area contributed by atoms with Crippen LogP contribution in [0.2, 0.25) is 0 Å². The summed E-state index contributed by atoms with van der Waals surface area (Å²) in [5, 5.41) is 14.5. The number of nitrogens with one attached hydrogen (secondary N) is 1. The van der Waals surface area contributed by atoms with E-state index < -0.39 is 0 Å². The molecule has 1 aliphatic rings. The van der Waals surface area contributed by atoms with Gasteiger partial charge in [0.2, 0.25) is 0 Å². The maximum absolute atomic E-state index is 10.8. The highest BCUT2D eigenvalue weighted by Gasteiger charge is 2.44. The molecule has 0 radical (unpaired) electrons. The van der Waals surface area contributed by atoms with Gasteiger partial charge in [0.25, 0.3) is 0 Å². The van der Waals surface area contributed by atoms with Gasteiger partial charge in [-0.25, -0.2) is 0 Å². The Morgan fingerprint density at radius 3 is 1.60 bits per heavy atom. The Hall–Kier alpha value is -3.20. The Bertz CT molecular complexity index is 1080. The highest BCUT2D eigenvalue weighted by atomic mass is 16.3. The van der Waals surface area contributed by atoms with Crippen LogP contribution >= 0.6 is 0 Å². The van der Waals surface area contributed by atoms with E-state index in [9.17, 15) is 5.11 Å². The molecular formula is C33H35NO. The predicted octanol–water partition coefficient (Wildman–Crippen LogP) is 6.34. The third-order valence-corrected chi connectivity index (χ3v) is 8.22. The van der Waals surface area contributed by atoms with Crippen LogP contribution in [0, 0.1) is 5.92 Å². The summed E-state index contributed by atoms with van der Waals surface area (Å²) >= 11 is 0. The van der Waals surface area contributed by atoms with Gasteiger partial charge in [-0.05, 0) is 60.5 Å². The van der Waals surface area contributed by atoms with E-state index in [1.54, 1.807) is 0 Å². The Kier molecular flexibility index (Phi) is 7.13. The first-order chi connectivity index (χ1) is 17.3. The van der Waals surface area contributed by atoms with Crippen molar-refractivity contribution in [3.05, 3.63) is 144 Å². The van der Waals surface area contributed by atoms with Crippen molar-refractivity contribution in [1.82, 2.24) is 5.32 Å². The van der Waals surface area contributed by atoms with E-state index in [0.29, 0.717) is 5.92 Å². The normalized spacial score (nSPS) is 20.4. The molecule has 0 saturated carbocycles. The molecule has 0 aliphatic carbocycles. The van der Waals surface area contributed by atoms with Crippen LogP contribution in [-0.4, -0.2) is 24.8 Å². The van der Waals surface area contributed by atoms with Gasteiger partial charge in [0.15, 0.2) is 0 Å². The lowest BCUT2D eigenvalue weighted by Crippen LogP contribution is -2.51. The third kappa shape index (κ3) is 4.45. The van der Waals surface area contributed by atoms with Gasteiger partial charge in [-0.1, -0.05) is 121 Å². The fraction of sp³-hybridized carbons (Fsp3) is 0.273. The molecule has 35 heavy (non-hydrogen) atoms. The maximum Gasteiger partial charge on any atom is 0.0531 e. The van der Waals surface area contributed by atoms with Gasteiger partial charge in [-0.3, -0.25) is 0 Å². The van der Waals surface area contributed by atoms with Crippen molar-refractivity contribution in [2.45, 2.75) is 30.1 Å². The molecule has 1 fully saturated rings. The van der Waals surface area contributed by atoms with E-state index in [2.05, 4.69) is 127 Å². The molecule has 1 saturated heterocycles.